The molecule has 1 atom stereocenters. The van der Waals surface area contributed by atoms with Crippen LogP contribution in [0, 0.1) is 5.41 Å². The summed E-state index contributed by atoms with van der Waals surface area (Å²) in [5.74, 6) is 0.0830. The molecule has 3 fully saturated rings. The van der Waals surface area contributed by atoms with Crippen LogP contribution in [0.2, 0.25) is 0 Å². The number of ether oxygens (including phenoxy) is 1. The number of carbonyl (C=O) groups excluding carboxylic acids is 3. The van der Waals surface area contributed by atoms with E-state index in [0.29, 0.717) is 19.6 Å². The molecule has 3 aliphatic heterocycles. The fourth-order valence-corrected chi connectivity index (χ4v) is 4.34. The minimum atomic E-state index is -0.476. The van der Waals surface area contributed by atoms with Gasteiger partial charge in [-0.3, -0.25) is 9.59 Å². The number of hydrogen-bond donors (Lipinski definition) is 0. The van der Waals surface area contributed by atoms with Gasteiger partial charge in [-0.05, 0) is 46.5 Å². The molecule has 0 bridgehead atoms. The SMILES string of the molecule is CC(=O)N1CCC[C@@H]1C(=O)N1CC2(CCN(C(=O)OC(C)(C)C)CC2)C1. The van der Waals surface area contributed by atoms with Crippen LogP contribution in [0.15, 0.2) is 0 Å². The second-order valence-electron chi connectivity index (χ2n) is 9.03. The van der Waals surface area contributed by atoms with Crippen molar-refractivity contribution in [1.29, 1.82) is 0 Å². The van der Waals surface area contributed by atoms with Gasteiger partial charge in [0, 0.05) is 45.1 Å². The van der Waals surface area contributed by atoms with Crippen LogP contribution < -0.4 is 0 Å². The van der Waals surface area contributed by atoms with E-state index in [4.69, 9.17) is 4.74 Å². The van der Waals surface area contributed by atoms with Gasteiger partial charge in [0.05, 0.1) is 0 Å². The average molecular weight is 365 g/mol. The smallest absolute Gasteiger partial charge is 0.410 e. The van der Waals surface area contributed by atoms with Gasteiger partial charge in [0.25, 0.3) is 0 Å². The van der Waals surface area contributed by atoms with Crippen molar-refractivity contribution in [2.45, 2.75) is 65.0 Å². The first-order chi connectivity index (χ1) is 12.1. The summed E-state index contributed by atoms with van der Waals surface area (Å²) in [5, 5.41) is 0. The number of nitrogens with zero attached hydrogens (tertiary/aromatic N) is 3. The molecule has 0 aromatic carbocycles. The summed E-state index contributed by atoms with van der Waals surface area (Å²) in [6.07, 6.45) is 3.23. The minimum Gasteiger partial charge on any atom is -0.444 e. The summed E-state index contributed by atoms with van der Waals surface area (Å²) >= 11 is 0. The molecule has 0 N–H and O–H groups in total. The lowest BCUT2D eigenvalue weighted by atomic mass is 9.71. The van der Waals surface area contributed by atoms with Crippen molar-refractivity contribution < 1.29 is 19.1 Å². The van der Waals surface area contributed by atoms with Gasteiger partial charge in [-0.2, -0.15) is 0 Å². The summed E-state index contributed by atoms with van der Waals surface area (Å²) in [5.41, 5.74) is -0.344. The molecule has 7 heteroatoms. The summed E-state index contributed by atoms with van der Waals surface area (Å²) in [7, 11) is 0. The Morgan fingerprint density at radius 2 is 1.62 bits per heavy atom. The molecule has 7 nitrogen and oxygen atoms in total. The lowest BCUT2D eigenvalue weighted by Crippen LogP contribution is -2.64. The molecule has 0 saturated carbocycles. The highest BCUT2D eigenvalue weighted by atomic mass is 16.6. The van der Waals surface area contributed by atoms with Gasteiger partial charge >= 0.3 is 6.09 Å². The van der Waals surface area contributed by atoms with Gasteiger partial charge in [0.1, 0.15) is 11.6 Å². The Morgan fingerprint density at radius 1 is 1.00 bits per heavy atom. The van der Waals surface area contributed by atoms with Crippen LogP contribution in [-0.2, 0) is 14.3 Å². The highest BCUT2D eigenvalue weighted by molar-refractivity contribution is 5.88. The third-order valence-electron chi connectivity index (χ3n) is 5.78. The standard InChI is InChI=1S/C19H31N3O4/c1-14(23)22-9-5-6-15(22)16(24)21-12-19(13-21)7-10-20(11-8-19)17(25)26-18(2,3)4/h15H,5-13H2,1-4H3/t15-/m1/s1. The van der Waals surface area contributed by atoms with E-state index in [9.17, 15) is 14.4 Å². The van der Waals surface area contributed by atoms with Crippen molar-refractivity contribution in [2.24, 2.45) is 5.41 Å². The molecule has 3 heterocycles. The van der Waals surface area contributed by atoms with Crippen LogP contribution in [0.25, 0.3) is 0 Å². The van der Waals surface area contributed by atoms with Crippen LogP contribution >= 0.6 is 0 Å². The van der Waals surface area contributed by atoms with E-state index in [1.54, 1.807) is 9.80 Å². The fourth-order valence-electron chi connectivity index (χ4n) is 4.34. The maximum absolute atomic E-state index is 12.7. The van der Waals surface area contributed by atoms with E-state index >= 15 is 0 Å². The lowest BCUT2D eigenvalue weighted by molar-refractivity contribution is -0.154. The Kier molecular flexibility index (Phi) is 4.92. The average Bonchev–Trinajstić information content (AvgIpc) is 3.00. The minimum absolute atomic E-state index is 0.0123. The third-order valence-corrected chi connectivity index (χ3v) is 5.78. The molecule has 3 amide bonds. The number of amides is 3. The van der Waals surface area contributed by atoms with Crippen molar-refractivity contribution >= 4 is 17.9 Å². The molecule has 3 aliphatic rings. The van der Waals surface area contributed by atoms with Crippen molar-refractivity contribution in [3.63, 3.8) is 0 Å². The second-order valence-corrected chi connectivity index (χ2v) is 9.03. The van der Waals surface area contributed by atoms with E-state index in [0.717, 1.165) is 38.8 Å². The van der Waals surface area contributed by atoms with Gasteiger partial charge in [0.15, 0.2) is 0 Å². The van der Waals surface area contributed by atoms with Crippen LogP contribution in [0.4, 0.5) is 4.79 Å². The Hall–Kier alpha value is -1.79. The molecule has 1 spiro atoms. The fraction of sp³-hybridized carbons (Fsp3) is 0.842. The van der Waals surface area contributed by atoms with Gasteiger partial charge < -0.3 is 19.4 Å². The normalized spacial score (nSPS) is 25.2. The van der Waals surface area contributed by atoms with E-state index < -0.39 is 5.60 Å². The van der Waals surface area contributed by atoms with Crippen molar-refractivity contribution in [2.75, 3.05) is 32.7 Å². The number of piperidine rings is 1. The predicted molar refractivity (Wildman–Crippen MR) is 96.5 cm³/mol. The van der Waals surface area contributed by atoms with E-state index in [-0.39, 0.29) is 29.4 Å². The molecule has 0 radical (unpaired) electrons. The maximum atomic E-state index is 12.7. The third kappa shape index (κ3) is 3.81. The predicted octanol–water partition coefficient (Wildman–Crippen LogP) is 1.86. The molecule has 146 valence electrons. The lowest BCUT2D eigenvalue weighted by Gasteiger charge is -2.54. The topological polar surface area (TPSA) is 70.2 Å². The van der Waals surface area contributed by atoms with Gasteiger partial charge in [-0.1, -0.05) is 0 Å². The van der Waals surface area contributed by atoms with Crippen LogP contribution in [0.5, 0.6) is 0 Å². The summed E-state index contributed by atoms with van der Waals surface area (Å²) < 4.78 is 5.44. The van der Waals surface area contributed by atoms with E-state index in [1.165, 1.54) is 6.92 Å². The zero-order chi connectivity index (χ0) is 19.1. The molecule has 3 rings (SSSR count). The highest BCUT2D eigenvalue weighted by Crippen LogP contribution is 2.41. The Bertz CT molecular complexity index is 582. The summed E-state index contributed by atoms with van der Waals surface area (Å²) in [6.45, 7) is 10.7. The van der Waals surface area contributed by atoms with Gasteiger partial charge in [-0.25, -0.2) is 4.79 Å². The first kappa shape index (κ1) is 19.0. The summed E-state index contributed by atoms with van der Waals surface area (Å²) in [6, 6.07) is -0.272. The van der Waals surface area contributed by atoms with Crippen molar-refractivity contribution in [3.05, 3.63) is 0 Å². The monoisotopic (exact) mass is 365 g/mol. The Balaban J connectivity index is 1.49. The molecule has 0 unspecified atom stereocenters. The number of likely N-dealkylation sites (tertiary alicyclic amines) is 3. The molecule has 3 saturated heterocycles. The van der Waals surface area contributed by atoms with Crippen LogP contribution in [0.1, 0.15) is 53.4 Å². The molecular formula is C19H31N3O4. The summed E-state index contributed by atoms with van der Waals surface area (Å²) in [4.78, 5) is 42.0. The molecule has 0 aromatic rings. The largest absolute Gasteiger partial charge is 0.444 e. The Morgan fingerprint density at radius 3 is 2.15 bits per heavy atom. The molecule has 0 aliphatic carbocycles. The zero-order valence-corrected chi connectivity index (χ0v) is 16.4. The van der Waals surface area contributed by atoms with Crippen LogP contribution in [0.3, 0.4) is 0 Å². The second kappa shape index (κ2) is 6.74. The Labute approximate surface area is 155 Å². The van der Waals surface area contributed by atoms with Crippen LogP contribution in [-0.4, -0.2) is 77.0 Å². The quantitative estimate of drug-likeness (QED) is 0.711. The molecule has 26 heavy (non-hydrogen) atoms. The van der Waals surface area contributed by atoms with Crippen molar-refractivity contribution in [1.82, 2.24) is 14.7 Å². The van der Waals surface area contributed by atoms with Gasteiger partial charge in [0.2, 0.25) is 11.8 Å². The zero-order valence-electron chi connectivity index (χ0n) is 16.4. The number of hydrogen-bond acceptors (Lipinski definition) is 4. The molecular weight excluding hydrogens is 334 g/mol. The number of rotatable bonds is 1. The van der Waals surface area contributed by atoms with E-state index in [1.807, 2.05) is 25.7 Å². The highest BCUT2D eigenvalue weighted by Gasteiger charge is 2.49. The first-order valence-corrected chi connectivity index (χ1v) is 9.64. The first-order valence-electron chi connectivity index (χ1n) is 9.64. The van der Waals surface area contributed by atoms with Gasteiger partial charge in [-0.15, -0.1) is 0 Å². The number of carbonyl (C=O) groups is 3. The molecule has 0 aromatic heterocycles. The van der Waals surface area contributed by atoms with Crippen molar-refractivity contribution in [3.8, 4) is 0 Å². The maximum Gasteiger partial charge on any atom is 0.410 e. The van der Waals surface area contributed by atoms with E-state index in [2.05, 4.69) is 0 Å².